The second-order valence-corrected chi connectivity index (χ2v) is 14.9. The molecular formula is C28H40F12N2O20P2. The minimum Gasteiger partial charge on any atom is -0.480 e. The summed E-state index contributed by atoms with van der Waals surface area (Å²) in [6, 6.07) is -3.47. The highest BCUT2D eigenvalue weighted by Crippen LogP contribution is 2.45. The van der Waals surface area contributed by atoms with Gasteiger partial charge in [0, 0.05) is 0 Å². The van der Waals surface area contributed by atoms with E-state index in [1.54, 1.807) is 0 Å². The third-order valence-electron chi connectivity index (χ3n) is 6.21. The smallest absolute Gasteiger partial charge is 0.472 e. The quantitative estimate of drug-likeness (QED) is 0.0283. The van der Waals surface area contributed by atoms with E-state index in [9.17, 15) is 100 Å². The van der Waals surface area contributed by atoms with E-state index in [1.807, 2.05) is 0 Å². The van der Waals surface area contributed by atoms with E-state index in [0.717, 1.165) is 0 Å². The number of alkyl halides is 12. The Balaban J connectivity index is 0. The van der Waals surface area contributed by atoms with Crippen molar-refractivity contribution in [3.63, 3.8) is 0 Å². The summed E-state index contributed by atoms with van der Waals surface area (Å²) in [4.78, 5) is 85.6. The van der Waals surface area contributed by atoms with Crippen molar-refractivity contribution in [2.75, 3.05) is 39.6 Å². The number of hydrogen-bond acceptors (Lipinski definition) is 18. The van der Waals surface area contributed by atoms with Crippen molar-refractivity contribution >= 4 is 51.5 Å². The van der Waals surface area contributed by atoms with Gasteiger partial charge in [-0.15, -0.1) is 0 Å². The number of phosphoric acid groups is 2. The van der Waals surface area contributed by atoms with Gasteiger partial charge in [-0.3, -0.25) is 46.9 Å². The van der Waals surface area contributed by atoms with Crippen LogP contribution in [-0.4, -0.2) is 144 Å². The number of carbonyl (C=O) groups is 6. The molecule has 0 rings (SSSR count). The van der Waals surface area contributed by atoms with Gasteiger partial charge in [0.1, 0.15) is 38.0 Å². The Hall–Kier alpha value is -3.88. The Labute approximate surface area is 350 Å². The molecule has 36 heteroatoms. The van der Waals surface area contributed by atoms with Crippen LogP contribution >= 0.6 is 15.6 Å². The molecule has 0 aliphatic carbocycles. The molecule has 5 atom stereocenters. The van der Waals surface area contributed by atoms with Crippen LogP contribution in [0, 0.1) is 0 Å². The summed E-state index contributed by atoms with van der Waals surface area (Å²) in [5.41, 5.74) is 10.1. The zero-order valence-electron chi connectivity index (χ0n) is 32.1. The van der Waals surface area contributed by atoms with Crippen molar-refractivity contribution in [3.05, 3.63) is 0 Å². The fourth-order valence-corrected chi connectivity index (χ4v) is 4.83. The number of rotatable bonds is 28. The molecule has 0 aromatic carbocycles. The summed E-state index contributed by atoms with van der Waals surface area (Å²) in [5.74, 6) is -8.92. The molecule has 0 bridgehead atoms. The largest absolute Gasteiger partial charge is 0.480 e. The standard InChI is InChI=1S/2C14H20F6NO10P/c15-13(16,17)3-1-10(22)28-5-8(31-11(23)2-4-14(18,19)20)6-29-32(26,27)30-7-9(21)12(24)25;15-13(16,17)3-1-10(22)28-5-8(6-29-11(23)2-4-14(18,19)20)31-32(26,27)30-7-9(21)12(24)25/h2*8-9H,1-7,21H2,(H,24,25)(H,26,27). The summed E-state index contributed by atoms with van der Waals surface area (Å²) < 4.78 is 204. The number of halogens is 12. The maximum Gasteiger partial charge on any atom is 0.472 e. The second kappa shape index (κ2) is 28.2. The number of ether oxygens (including phenoxy) is 4. The van der Waals surface area contributed by atoms with Crippen LogP contribution in [0.5, 0.6) is 0 Å². The van der Waals surface area contributed by atoms with Crippen molar-refractivity contribution in [1.29, 1.82) is 0 Å². The molecule has 8 N–H and O–H groups in total. The van der Waals surface area contributed by atoms with Crippen LogP contribution in [0.4, 0.5) is 52.7 Å². The molecule has 0 aromatic rings. The Morgan fingerprint density at radius 3 is 1.05 bits per heavy atom. The highest BCUT2D eigenvalue weighted by molar-refractivity contribution is 7.47. The lowest BCUT2D eigenvalue weighted by Crippen LogP contribution is -2.35. The monoisotopic (exact) mass is 1010 g/mol. The van der Waals surface area contributed by atoms with E-state index in [1.165, 1.54) is 0 Å². The van der Waals surface area contributed by atoms with Crippen molar-refractivity contribution in [2.24, 2.45) is 11.5 Å². The zero-order chi connectivity index (χ0) is 50.3. The molecule has 0 aliphatic heterocycles. The fourth-order valence-electron chi connectivity index (χ4n) is 3.14. The van der Waals surface area contributed by atoms with Crippen molar-refractivity contribution in [1.82, 2.24) is 0 Å². The third kappa shape index (κ3) is 38.6. The molecule has 0 radical (unpaired) electrons. The molecule has 0 spiro atoms. The van der Waals surface area contributed by atoms with Gasteiger partial charge in [-0.25, -0.2) is 9.13 Å². The first-order chi connectivity index (χ1) is 28.8. The van der Waals surface area contributed by atoms with Gasteiger partial charge in [-0.1, -0.05) is 0 Å². The molecule has 0 fully saturated rings. The molecule has 0 amide bonds. The summed E-state index contributed by atoms with van der Waals surface area (Å²) in [5, 5.41) is 17.1. The van der Waals surface area contributed by atoms with Gasteiger partial charge in [-0.05, 0) is 0 Å². The van der Waals surface area contributed by atoms with Gasteiger partial charge in [0.05, 0.1) is 71.2 Å². The lowest BCUT2D eigenvalue weighted by molar-refractivity contribution is -0.170. The van der Waals surface area contributed by atoms with E-state index < -0.39 is 191 Å². The second-order valence-electron chi connectivity index (χ2n) is 12.1. The number of esters is 4. The van der Waals surface area contributed by atoms with E-state index >= 15 is 0 Å². The van der Waals surface area contributed by atoms with Crippen molar-refractivity contribution < 1.29 is 148 Å². The first kappa shape index (κ1) is 62.2. The van der Waals surface area contributed by atoms with Gasteiger partial charge in [0.15, 0.2) is 6.10 Å². The fraction of sp³-hybridized carbons (Fsp3) is 0.786. The maximum atomic E-state index is 12.2. The van der Waals surface area contributed by atoms with E-state index in [2.05, 4.69) is 37.0 Å². The van der Waals surface area contributed by atoms with Gasteiger partial charge in [0.25, 0.3) is 0 Å². The summed E-state index contributed by atoms with van der Waals surface area (Å²) in [6.45, 7) is -6.27. The lowest BCUT2D eigenvalue weighted by atomic mass is 10.3. The van der Waals surface area contributed by atoms with Crippen LogP contribution in [0.15, 0.2) is 0 Å². The molecule has 376 valence electrons. The maximum absolute atomic E-state index is 12.2. The number of carboxylic acids is 2. The van der Waals surface area contributed by atoms with Gasteiger partial charge in [-0.2, -0.15) is 52.7 Å². The summed E-state index contributed by atoms with van der Waals surface area (Å²) in [6.07, 6.45) is -33.2. The van der Waals surface area contributed by atoms with Crippen LogP contribution < -0.4 is 11.5 Å². The van der Waals surface area contributed by atoms with E-state index in [0.29, 0.717) is 0 Å². The lowest BCUT2D eigenvalue weighted by Gasteiger charge is -2.21. The van der Waals surface area contributed by atoms with E-state index in [4.69, 9.17) is 21.7 Å². The predicted octanol–water partition coefficient (Wildman–Crippen LogP) is 3.34. The Kier molecular flexibility index (Phi) is 27.4. The van der Waals surface area contributed by atoms with Crippen molar-refractivity contribution in [2.45, 2.75) is 100 Å². The minimum atomic E-state index is -5.13. The predicted molar refractivity (Wildman–Crippen MR) is 178 cm³/mol. The molecular weight excluding hydrogens is 974 g/mol. The minimum absolute atomic E-state index is 0.994. The van der Waals surface area contributed by atoms with Crippen molar-refractivity contribution in [3.8, 4) is 0 Å². The Bertz CT molecular complexity index is 1570. The topological polar surface area (TPSA) is 343 Å². The molecule has 64 heavy (non-hydrogen) atoms. The van der Waals surface area contributed by atoms with Crippen LogP contribution in [0.25, 0.3) is 0 Å². The summed E-state index contributed by atoms with van der Waals surface area (Å²) >= 11 is 0. The molecule has 0 saturated carbocycles. The van der Waals surface area contributed by atoms with Crippen LogP contribution in [0.1, 0.15) is 51.4 Å². The highest BCUT2D eigenvalue weighted by Gasteiger charge is 2.35. The first-order valence-corrected chi connectivity index (χ1v) is 20.0. The molecule has 5 unspecified atom stereocenters. The Morgan fingerprint density at radius 2 is 0.734 bits per heavy atom. The normalized spacial score (nSPS) is 15.6. The number of hydrogen-bond donors (Lipinski definition) is 6. The van der Waals surface area contributed by atoms with Crippen LogP contribution in [-0.2, 0) is 74.9 Å². The Morgan fingerprint density at radius 1 is 0.453 bits per heavy atom. The molecule has 0 saturated heterocycles. The average molecular weight is 1010 g/mol. The number of carboxylic acid groups (broad SMARTS) is 2. The SMILES string of the molecule is NC(COP(=O)(O)OC(COC(=O)CCC(F)(F)F)COC(=O)CCC(F)(F)F)C(=O)O.NC(COP(=O)(O)OCC(COC(=O)CCC(F)(F)F)OC(=O)CCC(F)(F)F)C(=O)O. The van der Waals surface area contributed by atoms with Gasteiger partial charge >= 0.3 is 76.2 Å². The van der Waals surface area contributed by atoms with Gasteiger partial charge < -0.3 is 50.4 Å². The number of nitrogens with two attached hydrogens (primary N) is 2. The number of phosphoric ester groups is 2. The zero-order valence-corrected chi connectivity index (χ0v) is 33.9. The highest BCUT2D eigenvalue weighted by atomic mass is 31.2. The summed E-state index contributed by atoms with van der Waals surface area (Å²) in [7, 11) is -10.1. The molecule has 0 aliphatic rings. The average Bonchev–Trinajstić information content (AvgIpc) is 3.13. The van der Waals surface area contributed by atoms with E-state index in [-0.39, 0.29) is 0 Å². The van der Waals surface area contributed by atoms with Crippen LogP contribution in [0.2, 0.25) is 0 Å². The molecule has 0 aromatic heterocycles. The number of aliphatic carboxylic acids is 2. The van der Waals surface area contributed by atoms with Gasteiger partial charge in [0.2, 0.25) is 0 Å². The third-order valence-corrected chi connectivity index (χ3v) is 8.20. The first-order valence-electron chi connectivity index (χ1n) is 17.0. The number of carbonyl (C=O) groups excluding carboxylic acids is 4. The van der Waals surface area contributed by atoms with Crippen LogP contribution in [0.3, 0.4) is 0 Å². The molecule has 0 heterocycles. The molecule has 22 nitrogen and oxygen atoms in total.